The van der Waals surface area contributed by atoms with Crippen LogP contribution in [0.3, 0.4) is 0 Å². The first-order valence-electron chi connectivity index (χ1n) is 9.18. The number of nitrogens with one attached hydrogen (secondary N) is 2. The molecular weight excluding hydrogens is 429 g/mol. The number of anilines is 2. The van der Waals surface area contributed by atoms with Gasteiger partial charge in [-0.2, -0.15) is 4.98 Å². The first kappa shape index (κ1) is 21.0. The van der Waals surface area contributed by atoms with Gasteiger partial charge in [-0.1, -0.05) is 0 Å². The predicted octanol–water partition coefficient (Wildman–Crippen LogP) is 5.02. The summed E-state index contributed by atoms with van der Waals surface area (Å²) in [6, 6.07) is 13.4. The summed E-state index contributed by atoms with van der Waals surface area (Å²) in [5, 5.41) is 5.36. The number of hydrogen-bond acceptors (Lipinski definition) is 7. The maximum atomic E-state index is 12.3. The Balaban J connectivity index is 1.48. The second-order valence-electron chi connectivity index (χ2n) is 6.40. The minimum absolute atomic E-state index is 0.146. The van der Waals surface area contributed by atoms with Gasteiger partial charge in [-0.05, 0) is 42.5 Å². The summed E-state index contributed by atoms with van der Waals surface area (Å²) in [5.74, 6) is 0.204. The predicted molar refractivity (Wildman–Crippen MR) is 108 cm³/mol. The van der Waals surface area contributed by atoms with E-state index < -0.39 is 6.36 Å². The molecule has 0 saturated heterocycles. The number of nitrogens with zero attached hydrogens (tertiary/aromatic N) is 2. The summed E-state index contributed by atoms with van der Waals surface area (Å²) in [5.41, 5.74) is 1.63. The first-order valence-corrected chi connectivity index (χ1v) is 9.18. The zero-order valence-corrected chi connectivity index (χ0v) is 16.4. The Morgan fingerprint density at radius 1 is 1.00 bits per heavy atom. The number of rotatable bonds is 6. The summed E-state index contributed by atoms with van der Waals surface area (Å²) >= 11 is 0. The number of benzene rings is 2. The van der Waals surface area contributed by atoms with Crippen LogP contribution in [-0.4, -0.2) is 29.3 Å². The Morgan fingerprint density at radius 3 is 2.44 bits per heavy atom. The summed E-state index contributed by atoms with van der Waals surface area (Å²) in [6.45, 7) is 0. The van der Waals surface area contributed by atoms with Crippen molar-refractivity contribution in [2.75, 3.05) is 12.4 Å². The molecule has 0 saturated carbocycles. The normalized spacial score (nSPS) is 11.2. The Hall–Kier alpha value is -4.28. The SMILES string of the molecule is CNC(=O)c1cc(Oc2ccc3oc(Nc4ccc(OC(F)(F)F)cc4)nc3c2)ccn1. The van der Waals surface area contributed by atoms with Crippen molar-refractivity contribution in [2.24, 2.45) is 0 Å². The Kier molecular flexibility index (Phi) is 5.54. The average molecular weight is 444 g/mol. The second kappa shape index (κ2) is 8.46. The lowest BCUT2D eigenvalue weighted by Gasteiger charge is -2.09. The summed E-state index contributed by atoms with van der Waals surface area (Å²) in [6.07, 6.45) is -3.29. The van der Waals surface area contributed by atoms with Crippen molar-refractivity contribution in [1.82, 2.24) is 15.3 Å². The number of halogens is 3. The Bertz CT molecular complexity index is 1260. The number of ether oxygens (including phenoxy) is 2. The largest absolute Gasteiger partial charge is 0.573 e. The molecule has 2 aromatic heterocycles. The third kappa shape index (κ3) is 5.06. The van der Waals surface area contributed by atoms with Crippen LogP contribution in [0.25, 0.3) is 11.1 Å². The topological polar surface area (TPSA) is 98.5 Å². The molecule has 0 aliphatic carbocycles. The van der Waals surface area contributed by atoms with Crippen LogP contribution in [0.4, 0.5) is 24.9 Å². The number of amides is 1. The highest BCUT2D eigenvalue weighted by Crippen LogP contribution is 2.29. The molecule has 4 rings (SSSR count). The number of oxazole rings is 1. The van der Waals surface area contributed by atoms with Crippen molar-refractivity contribution in [3.05, 3.63) is 66.5 Å². The smallest absolute Gasteiger partial charge is 0.457 e. The molecule has 1 amide bonds. The van der Waals surface area contributed by atoms with Gasteiger partial charge < -0.3 is 24.5 Å². The van der Waals surface area contributed by atoms with E-state index in [1.54, 1.807) is 24.3 Å². The monoisotopic (exact) mass is 444 g/mol. The lowest BCUT2D eigenvalue weighted by atomic mass is 10.3. The van der Waals surface area contributed by atoms with Gasteiger partial charge in [0.15, 0.2) is 5.58 Å². The fourth-order valence-electron chi connectivity index (χ4n) is 2.75. The van der Waals surface area contributed by atoms with Crippen LogP contribution in [0.5, 0.6) is 17.2 Å². The van der Waals surface area contributed by atoms with E-state index in [-0.39, 0.29) is 23.4 Å². The molecule has 11 heteroatoms. The highest BCUT2D eigenvalue weighted by Gasteiger charge is 2.30. The third-order valence-corrected chi connectivity index (χ3v) is 4.13. The van der Waals surface area contributed by atoms with E-state index >= 15 is 0 Å². The number of hydrogen-bond donors (Lipinski definition) is 2. The van der Waals surface area contributed by atoms with Crippen molar-refractivity contribution in [3.8, 4) is 17.2 Å². The van der Waals surface area contributed by atoms with Crippen molar-refractivity contribution < 1.29 is 31.9 Å². The lowest BCUT2D eigenvalue weighted by Crippen LogP contribution is -2.18. The van der Waals surface area contributed by atoms with Gasteiger partial charge in [0, 0.05) is 31.1 Å². The molecule has 0 fully saturated rings. The van der Waals surface area contributed by atoms with E-state index in [1.807, 2.05) is 0 Å². The van der Waals surface area contributed by atoms with Crippen molar-refractivity contribution in [1.29, 1.82) is 0 Å². The van der Waals surface area contributed by atoms with Crippen molar-refractivity contribution >= 4 is 28.7 Å². The van der Waals surface area contributed by atoms with Gasteiger partial charge in [0.1, 0.15) is 28.5 Å². The molecule has 2 N–H and O–H groups in total. The standard InChI is InChI=1S/C21H15F3N4O4/c1-25-19(29)17-11-15(8-9-26-17)30-14-6-7-18-16(10-14)28-20(31-18)27-12-2-4-13(5-3-12)32-21(22,23)24/h2-11H,1H3,(H,25,29)(H,27,28). The fourth-order valence-corrected chi connectivity index (χ4v) is 2.75. The molecule has 0 atom stereocenters. The molecule has 0 bridgehead atoms. The van der Waals surface area contributed by atoms with Gasteiger partial charge in [-0.15, -0.1) is 13.2 Å². The molecule has 32 heavy (non-hydrogen) atoms. The minimum Gasteiger partial charge on any atom is -0.457 e. The van der Waals surface area contributed by atoms with E-state index in [0.29, 0.717) is 28.3 Å². The van der Waals surface area contributed by atoms with Gasteiger partial charge in [0.2, 0.25) is 0 Å². The number of alkyl halides is 3. The van der Waals surface area contributed by atoms with Crippen molar-refractivity contribution in [3.63, 3.8) is 0 Å². The first-order chi connectivity index (χ1) is 15.3. The molecule has 0 unspecified atom stereocenters. The minimum atomic E-state index is -4.75. The molecule has 0 spiro atoms. The summed E-state index contributed by atoms with van der Waals surface area (Å²) < 4.78 is 52.0. The average Bonchev–Trinajstić information content (AvgIpc) is 3.15. The number of carbonyl (C=O) groups excluding carboxylic acids is 1. The molecular formula is C21H15F3N4O4. The van der Waals surface area contributed by atoms with E-state index in [4.69, 9.17) is 9.15 Å². The van der Waals surface area contributed by atoms with E-state index in [0.717, 1.165) is 0 Å². The lowest BCUT2D eigenvalue weighted by molar-refractivity contribution is -0.274. The van der Waals surface area contributed by atoms with Gasteiger partial charge >= 0.3 is 6.36 Å². The maximum Gasteiger partial charge on any atom is 0.573 e. The molecule has 164 valence electrons. The second-order valence-corrected chi connectivity index (χ2v) is 6.40. The Morgan fingerprint density at radius 2 is 1.72 bits per heavy atom. The molecule has 0 aliphatic heterocycles. The quantitative estimate of drug-likeness (QED) is 0.431. The number of aromatic nitrogens is 2. The number of pyridine rings is 1. The van der Waals surface area contributed by atoms with Gasteiger partial charge in [0.05, 0.1) is 0 Å². The molecule has 8 nitrogen and oxygen atoms in total. The van der Waals surface area contributed by atoms with Crippen LogP contribution in [0.1, 0.15) is 10.5 Å². The highest BCUT2D eigenvalue weighted by atomic mass is 19.4. The molecule has 4 aromatic rings. The molecule has 0 radical (unpaired) electrons. The van der Waals surface area contributed by atoms with Crippen LogP contribution in [0.15, 0.2) is 65.2 Å². The Labute approximate surface area is 179 Å². The number of carbonyl (C=O) groups is 1. The molecule has 0 aliphatic rings. The van der Waals surface area contributed by atoms with E-state index in [9.17, 15) is 18.0 Å². The zero-order valence-electron chi connectivity index (χ0n) is 16.4. The van der Waals surface area contributed by atoms with Crippen LogP contribution >= 0.6 is 0 Å². The maximum absolute atomic E-state index is 12.3. The van der Waals surface area contributed by atoms with Gasteiger partial charge in [0.25, 0.3) is 11.9 Å². The van der Waals surface area contributed by atoms with Crippen LogP contribution in [-0.2, 0) is 0 Å². The summed E-state index contributed by atoms with van der Waals surface area (Å²) in [4.78, 5) is 20.0. The highest BCUT2D eigenvalue weighted by molar-refractivity contribution is 5.92. The zero-order chi connectivity index (χ0) is 22.7. The van der Waals surface area contributed by atoms with Crippen LogP contribution in [0, 0.1) is 0 Å². The third-order valence-electron chi connectivity index (χ3n) is 4.13. The van der Waals surface area contributed by atoms with Gasteiger partial charge in [-0.25, -0.2) is 0 Å². The fraction of sp³-hybridized carbons (Fsp3) is 0.0952. The molecule has 2 heterocycles. The van der Waals surface area contributed by atoms with Crippen LogP contribution in [0.2, 0.25) is 0 Å². The van der Waals surface area contributed by atoms with Gasteiger partial charge in [-0.3, -0.25) is 9.78 Å². The molecule has 2 aromatic carbocycles. The van der Waals surface area contributed by atoms with Crippen molar-refractivity contribution in [2.45, 2.75) is 6.36 Å². The summed E-state index contributed by atoms with van der Waals surface area (Å²) in [7, 11) is 1.51. The van der Waals surface area contributed by atoms with E-state index in [1.165, 1.54) is 43.6 Å². The van der Waals surface area contributed by atoms with Crippen LogP contribution < -0.4 is 20.1 Å². The number of fused-ring (bicyclic) bond motifs is 1. The van der Waals surface area contributed by atoms with E-state index in [2.05, 4.69) is 25.3 Å².